The van der Waals surface area contributed by atoms with E-state index in [9.17, 15) is 14.0 Å². The Morgan fingerprint density at radius 2 is 1.84 bits per heavy atom. The van der Waals surface area contributed by atoms with Crippen LogP contribution in [0.15, 0.2) is 53.4 Å². The summed E-state index contributed by atoms with van der Waals surface area (Å²) < 4.78 is 14.3. The zero-order valence-electron chi connectivity index (χ0n) is 17.7. The van der Waals surface area contributed by atoms with Gasteiger partial charge in [0.2, 0.25) is 11.8 Å². The summed E-state index contributed by atoms with van der Waals surface area (Å²) in [6, 6.07) is 13.3. The molecule has 2 aromatic carbocycles. The van der Waals surface area contributed by atoms with Crippen molar-refractivity contribution in [2.24, 2.45) is 0 Å². The molecule has 1 aliphatic carbocycles. The van der Waals surface area contributed by atoms with Gasteiger partial charge in [-0.15, -0.1) is 11.8 Å². The van der Waals surface area contributed by atoms with E-state index in [2.05, 4.69) is 5.32 Å². The monoisotopic (exact) mass is 462 g/mol. The van der Waals surface area contributed by atoms with Gasteiger partial charge in [-0.3, -0.25) is 9.59 Å². The fraction of sp³-hybridized carbons (Fsp3) is 0.417. The highest BCUT2D eigenvalue weighted by Gasteiger charge is 2.28. The average molecular weight is 463 g/mol. The average Bonchev–Trinajstić information content (AvgIpc) is 3.27. The summed E-state index contributed by atoms with van der Waals surface area (Å²) >= 11 is 7.46. The molecule has 0 radical (unpaired) electrons. The number of rotatable bonds is 9. The first-order valence-electron chi connectivity index (χ1n) is 10.7. The first-order valence-corrected chi connectivity index (χ1v) is 12.0. The normalized spacial score (nSPS) is 14.9. The predicted octanol–water partition coefficient (Wildman–Crippen LogP) is 5.44. The Balaban J connectivity index is 1.66. The second kappa shape index (κ2) is 11.5. The molecule has 0 spiro atoms. The van der Waals surface area contributed by atoms with Gasteiger partial charge in [0, 0.05) is 40.2 Å². The molecule has 0 saturated heterocycles. The van der Waals surface area contributed by atoms with Crippen LogP contribution in [0.4, 0.5) is 4.39 Å². The first kappa shape index (κ1) is 23.6. The summed E-state index contributed by atoms with van der Waals surface area (Å²) in [5, 5.41) is 3.72. The van der Waals surface area contributed by atoms with E-state index in [1.54, 1.807) is 36.9 Å². The molecule has 7 heteroatoms. The van der Waals surface area contributed by atoms with Crippen LogP contribution < -0.4 is 5.32 Å². The number of hydrogen-bond acceptors (Lipinski definition) is 3. The number of carbonyl (C=O) groups is 2. The van der Waals surface area contributed by atoms with E-state index in [4.69, 9.17) is 11.6 Å². The maximum Gasteiger partial charge on any atom is 0.242 e. The molecule has 31 heavy (non-hydrogen) atoms. The molecule has 4 nitrogen and oxygen atoms in total. The highest BCUT2D eigenvalue weighted by Crippen LogP contribution is 2.23. The Morgan fingerprint density at radius 3 is 2.52 bits per heavy atom. The molecular formula is C24H28ClFN2O2S. The standard InChI is InChI=1S/C24H28ClFN2O2S/c1-17(24(30)27-20-7-3-4-8-20)28(16-18-6-2-5-9-22(18)26)23(29)14-15-31-21-12-10-19(25)11-13-21/h2,5-6,9-13,17,20H,3-4,7-8,14-16H2,1H3,(H,27,30). The number of nitrogens with zero attached hydrogens (tertiary/aromatic N) is 1. The number of nitrogens with one attached hydrogen (secondary N) is 1. The minimum absolute atomic E-state index is 0.0658. The van der Waals surface area contributed by atoms with Crippen molar-refractivity contribution in [2.75, 3.05) is 5.75 Å². The van der Waals surface area contributed by atoms with Crippen molar-refractivity contribution >= 4 is 35.2 Å². The van der Waals surface area contributed by atoms with Gasteiger partial charge in [-0.05, 0) is 50.1 Å². The molecule has 2 aromatic rings. The van der Waals surface area contributed by atoms with Gasteiger partial charge in [-0.25, -0.2) is 4.39 Å². The molecule has 1 saturated carbocycles. The van der Waals surface area contributed by atoms with Crippen LogP contribution in [0.3, 0.4) is 0 Å². The zero-order chi connectivity index (χ0) is 22.2. The van der Waals surface area contributed by atoms with Crippen LogP contribution in [0.2, 0.25) is 5.02 Å². The first-order chi connectivity index (χ1) is 14.9. The molecule has 3 rings (SSSR count). The minimum Gasteiger partial charge on any atom is -0.352 e. The lowest BCUT2D eigenvalue weighted by atomic mass is 10.1. The van der Waals surface area contributed by atoms with Crippen LogP contribution in [0.25, 0.3) is 0 Å². The molecule has 1 fully saturated rings. The van der Waals surface area contributed by atoms with Crippen molar-refractivity contribution in [3.8, 4) is 0 Å². The minimum atomic E-state index is -0.673. The van der Waals surface area contributed by atoms with Crippen LogP contribution in [0, 0.1) is 5.82 Å². The molecule has 166 valence electrons. The number of benzene rings is 2. The Labute approximate surface area is 192 Å². The van der Waals surface area contributed by atoms with Crippen molar-refractivity contribution in [1.82, 2.24) is 10.2 Å². The van der Waals surface area contributed by atoms with Gasteiger partial charge in [0.15, 0.2) is 0 Å². The second-order valence-electron chi connectivity index (χ2n) is 7.83. The van der Waals surface area contributed by atoms with Crippen LogP contribution >= 0.6 is 23.4 Å². The fourth-order valence-corrected chi connectivity index (χ4v) is 4.68. The molecule has 0 aliphatic heterocycles. The van der Waals surface area contributed by atoms with Crippen molar-refractivity contribution in [1.29, 1.82) is 0 Å². The molecule has 2 amide bonds. The Kier molecular flexibility index (Phi) is 8.79. The van der Waals surface area contributed by atoms with Crippen LogP contribution in [-0.2, 0) is 16.1 Å². The Bertz CT molecular complexity index is 887. The van der Waals surface area contributed by atoms with Crippen molar-refractivity contribution in [3.05, 3.63) is 64.9 Å². The van der Waals surface area contributed by atoms with E-state index in [1.807, 2.05) is 24.3 Å². The molecule has 1 aliphatic rings. The summed E-state index contributed by atoms with van der Waals surface area (Å²) in [6.45, 7) is 1.78. The summed E-state index contributed by atoms with van der Waals surface area (Å²) in [5.41, 5.74) is 0.404. The quantitative estimate of drug-likeness (QED) is 0.505. The Hall–Kier alpha value is -2.05. The Morgan fingerprint density at radius 1 is 1.16 bits per heavy atom. The summed E-state index contributed by atoms with van der Waals surface area (Å²) in [6.07, 6.45) is 4.41. The van der Waals surface area contributed by atoms with Crippen LogP contribution in [0.5, 0.6) is 0 Å². The number of carbonyl (C=O) groups excluding carboxylic acids is 2. The van der Waals surface area contributed by atoms with Gasteiger partial charge in [0.25, 0.3) is 0 Å². The third-order valence-corrected chi connectivity index (χ3v) is 6.83. The molecule has 0 aromatic heterocycles. The van der Waals surface area contributed by atoms with E-state index in [-0.39, 0.29) is 36.6 Å². The van der Waals surface area contributed by atoms with E-state index in [0.717, 1.165) is 30.6 Å². The third-order valence-electron chi connectivity index (χ3n) is 5.57. The molecule has 1 atom stereocenters. The third kappa shape index (κ3) is 6.97. The summed E-state index contributed by atoms with van der Waals surface area (Å²) in [5.74, 6) is -0.162. The van der Waals surface area contributed by atoms with Gasteiger partial charge in [0.05, 0.1) is 0 Å². The molecule has 0 bridgehead atoms. The number of hydrogen-bond donors (Lipinski definition) is 1. The van der Waals surface area contributed by atoms with E-state index in [0.29, 0.717) is 16.3 Å². The molecule has 1 unspecified atom stereocenters. The summed E-state index contributed by atoms with van der Waals surface area (Å²) in [4.78, 5) is 28.4. The van der Waals surface area contributed by atoms with Gasteiger partial charge in [0.1, 0.15) is 11.9 Å². The van der Waals surface area contributed by atoms with Crippen LogP contribution in [0.1, 0.15) is 44.6 Å². The number of amides is 2. The number of thioether (sulfide) groups is 1. The highest BCUT2D eigenvalue weighted by molar-refractivity contribution is 7.99. The lowest BCUT2D eigenvalue weighted by Gasteiger charge is -2.30. The lowest BCUT2D eigenvalue weighted by Crippen LogP contribution is -2.49. The lowest BCUT2D eigenvalue weighted by molar-refractivity contribution is -0.140. The van der Waals surface area contributed by atoms with E-state index in [1.165, 1.54) is 11.0 Å². The topological polar surface area (TPSA) is 49.4 Å². The largest absolute Gasteiger partial charge is 0.352 e. The maximum atomic E-state index is 14.3. The summed E-state index contributed by atoms with van der Waals surface area (Å²) in [7, 11) is 0. The maximum absolute atomic E-state index is 14.3. The van der Waals surface area contributed by atoms with Crippen molar-refractivity contribution in [2.45, 2.75) is 62.6 Å². The predicted molar refractivity (Wildman–Crippen MR) is 124 cm³/mol. The molecular weight excluding hydrogens is 435 g/mol. The van der Waals surface area contributed by atoms with Crippen molar-refractivity contribution in [3.63, 3.8) is 0 Å². The molecule has 1 N–H and O–H groups in total. The van der Waals surface area contributed by atoms with E-state index < -0.39 is 6.04 Å². The van der Waals surface area contributed by atoms with Crippen LogP contribution in [-0.4, -0.2) is 34.6 Å². The van der Waals surface area contributed by atoms with E-state index >= 15 is 0 Å². The van der Waals surface area contributed by atoms with Gasteiger partial charge < -0.3 is 10.2 Å². The van der Waals surface area contributed by atoms with Gasteiger partial charge in [-0.1, -0.05) is 42.6 Å². The molecule has 0 heterocycles. The van der Waals surface area contributed by atoms with Gasteiger partial charge in [-0.2, -0.15) is 0 Å². The number of halogens is 2. The zero-order valence-corrected chi connectivity index (χ0v) is 19.2. The highest BCUT2D eigenvalue weighted by atomic mass is 35.5. The second-order valence-corrected chi connectivity index (χ2v) is 9.44. The smallest absolute Gasteiger partial charge is 0.242 e. The fourth-order valence-electron chi connectivity index (χ4n) is 3.72. The van der Waals surface area contributed by atoms with Crippen molar-refractivity contribution < 1.29 is 14.0 Å². The van der Waals surface area contributed by atoms with Gasteiger partial charge >= 0.3 is 0 Å². The SMILES string of the molecule is CC(C(=O)NC1CCCC1)N(Cc1ccccc1F)C(=O)CCSc1ccc(Cl)cc1.